The van der Waals surface area contributed by atoms with Gasteiger partial charge in [0.25, 0.3) is 10.0 Å². The second-order valence-electron chi connectivity index (χ2n) is 6.70. The van der Waals surface area contributed by atoms with Gasteiger partial charge in [0, 0.05) is 31.0 Å². The molecule has 1 aromatic carbocycles. The molecule has 0 radical (unpaired) electrons. The van der Waals surface area contributed by atoms with Crippen LogP contribution in [-0.4, -0.2) is 32.4 Å². The van der Waals surface area contributed by atoms with Gasteiger partial charge in [-0.05, 0) is 55.5 Å². The number of nitrogens with two attached hydrogens (primary N) is 1. The Morgan fingerprint density at radius 2 is 1.81 bits per heavy atom. The number of rotatable bonds is 4. The maximum atomic E-state index is 12.6. The molecule has 2 N–H and O–H groups in total. The molecule has 2 aromatic rings. The number of nitrogens with zero attached hydrogens (tertiary/aromatic N) is 2. The molecule has 1 saturated heterocycles. The van der Waals surface area contributed by atoms with Crippen molar-refractivity contribution in [3.05, 3.63) is 41.7 Å². The summed E-state index contributed by atoms with van der Waals surface area (Å²) in [5.74, 6) is 0.660. The second-order valence-corrected chi connectivity index (χ2v) is 8.57. The first kappa shape index (κ1) is 19.1. The van der Waals surface area contributed by atoms with E-state index in [9.17, 15) is 8.42 Å². The molecule has 2 aliphatic heterocycles. The van der Waals surface area contributed by atoms with E-state index in [1.165, 1.54) is 9.87 Å². The molecule has 2 aliphatic rings. The molecule has 0 amide bonds. The Hall–Kier alpha value is -1.70. The molecule has 6 nitrogen and oxygen atoms in total. The monoisotopic (exact) mass is 397 g/mol. The van der Waals surface area contributed by atoms with Crippen LogP contribution in [0.3, 0.4) is 0 Å². The van der Waals surface area contributed by atoms with Gasteiger partial charge in [-0.25, -0.2) is 8.42 Å². The number of hydrogen-bond donors (Lipinski definition) is 1. The van der Waals surface area contributed by atoms with Crippen molar-refractivity contribution >= 4 is 33.8 Å². The Morgan fingerprint density at radius 3 is 2.58 bits per heavy atom. The molecule has 4 rings (SSSR count). The number of nitrogen functional groups attached to an aromatic ring is 1. The maximum Gasteiger partial charge on any atom is 0.276 e. The molecule has 26 heavy (non-hydrogen) atoms. The van der Waals surface area contributed by atoms with E-state index in [0.29, 0.717) is 25.4 Å². The van der Waals surface area contributed by atoms with E-state index in [2.05, 4.69) is 11.0 Å². The van der Waals surface area contributed by atoms with Crippen LogP contribution in [0.15, 0.2) is 39.8 Å². The maximum absolute atomic E-state index is 12.6. The third kappa shape index (κ3) is 3.43. The van der Waals surface area contributed by atoms with Crippen LogP contribution >= 0.6 is 12.4 Å². The summed E-state index contributed by atoms with van der Waals surface area (Å²) in [6, 6.07) is 9.29. The first-order valence-electron chi connectivity index (χ1n) is 8.77. The molecule has 3 heterocycles. The summed E-state index contributed by atoms with van der Waals surface area (Å²) in [7, 11) is -3.50. The lowest BCUT2D eigenvalue weighted by Crippen LogP contribution is -2.29. The van der Waals surface area contributed by atoms with Gasteiger partial charge in [-0.2, -0.15) is 4.31 Å². The first-order valence-corrected chi connectivity index (χ1v) is 10.2. The number of benzene rings is 1. The van der Waals surface area contributed by atoms with Crippen molar-refractivity contribution in [2.75, 3.05) is 30.3 Å². The predicted molar refractivity (Wildman–Crippen MR) is 104 cm³/mol. The van der Waals surface area contributed by atoms with Crippen molar-refractivity contribution < 1.29 is 12.8 Å². The van der Waals surface area contributed by atoms with Crippen molar-refractivity contribution in [2.45, 2.75) is 37.3 Å². The Balaban J connectivity index is 0.00000196. The quantitative estimate of drug-likeness (QED) is 0.802. The average molecular weight is 398 g/mol. The highest BCUT2D eigenvalue weighted by Gasteiger charge is 2.30. The lowest BCUT2D eigenvalue weighted by molar-refractivity contribution is 0.386. The number of hydrogen-bond acceptors (Lipinski definition) is 5. The van der Waals surface area contributed by atoms with E-state index in [4.69, 9.17) is 10.2 Å². The van der Waals surface area contributed by atoms with E-state index in [-0.39, 0.29) is 17.5 Å². The minimum atomic E-state index is -3.50. The summed E-state index contributed by atoms with van der Waals surface area (Å²) in [6.07, 6.45) is 3.84. The molecular formula is C18H24ClN3O3S. The van der Waals surface area contributed by atoms with E-state index >= 15 is 0 Å². The molecule has 142 valence electrons. The highest BCUT2D eigenvalue weighted by atomic mass is 35.5. The van der Waals surface area contributed by atoms with Crippen LogP contribution in [0.4, 0.5) is 11.4 Å². The topological polar surface area (TPSA) is 79.8 Å². The van der Waals surface area contributed by atoms with Crippen molar-refractivity contribution in [2.24, 2.45) is 0 Å². The van der Waals surface area contributed by atoms with Crippen LogP contribution in [-0.2, 0) is 23.0 Å². The van der Waals surface area contributed by atoms with Crippen LogP contribution in [0.25, 0.3) is 0 Å². The van der Waals surface area contributed by atoms with Crippen LogP contribution in [0, 0.1) is 0 Å². The van der Waals surface area contributed by atoms with Gasteiger partial charge in [-0.1, -0.05) is 6.07 Å². The Morgan fingerprint density at radius 1 is 1.04 bits per heavy atom. The van der Waals surface area contributed by atoms with Crippen LogP contribution < -0.4 is 10.6 Å². The molecular weight excluding hydrogens is 374 g/mol. The summed E-state index contributed by atoms with van der Waals surface area (Å²) >= 11 is 0. The van der Waals surface area contributed by atoms with Gasteiger partial charge in [-0.15, -0.1) is 12.4 Å². The van der Waals surface area contributed by atoms with Gasteiger partial charge in [0.15, 0.2) is 0 Å². The fourth-order valence-electron chi connectivity index (χ4n) is 3.72. The van der Waals surface area contributed by atoms with Gasteiger partial charge in [0.1, 0.15) is 5.76 Å². The summed E-state index contributed by atoms with van der Waals surface area (Å²) in [6.45, 7) is 2.62. The van der Waals surface area contributed by atoms with E-state index in [1.807, 2.05) is 12.1 Å². The molecule has 0 bridgehead atoms. The first-order chi connectivity index (χ1) is 12.1. The van der Waals surface area contributed by atoms with Gasteiger partial charge in [0.05, 0.1) is 6.54 Å². The van der Waals surface area contributed by atoms with Gasteiger partial charge >= 0.3 is 0 Å². The third-order valence-corrected chi connectivity index (χ3v) is 6.80. The van der Waals surface area contributed by atoms with Gasteiger partial charge < -0.3 is 15.1 Å². The summed E-state index contributed by atoms with van der Waals surface area (Å²) < 4.78 is 32.4. The summed E-state index contributed by atoms with van der Waals surface area (Å²) in [4.78, 5) is 2.21. The van der Waals surface area contributed by atoms with Crippen molar-refractivity contribution in [3.8, 4) is 0 Å². The molecule has 0 aliphatic carbocycles. The fraction of sp³-hybridized carbons (Fsp3) is 0.444. The van der Waals surface area contributed by atoms with Crippen LogP contribution in [0.1, 0.15) is 30.6 Å². The third-order valence-electron chi connectivity index (χ3n) is 5.03. The number of halogens is 1. The van der Waals surface area contributed by atoms with E-state index in [0.717, 1.165) is 43.6 Å². The van der Waals surface area contributed by atoms with E-state index < -0.39 is 10.0 Å². The molecule has 1 aromatic heterocycles. The number of fused-ring (bicyclic) bond motifs is 1. The molecule has 0 unspecified atom stereocenters. The van der Waals surface area contributed by atoms with Crippen molar-refractivity contribution in [1.82, 2.24) is 4.31 Å². The molecule has 0 spiro atoms. The highest BCUT2D eigenvalue weighted by molar-refractivity contribution is 7.89. The Kier molecular flexibility index (Phi) is 5.50. The summed E-state index contributed by atoms with van der Waals surface area (Å²) in [5, 5.41) is 0.0502. The average Bonchev–Trinajstić information content (AvgIpc) is 3.28. The van der Waals surface area contributed by atoms with Crippen molar-refractivity contribution in [3.63, 3.8) is 0 Å². The smallest absolute Gasteiger partial charge is 0.276 e. The zero-order valence-electron chi connectivity index (χ0n) is 14.6. The van der Waals surface area contributed by atoms with Crippen LogP contribution in [0.2, 0.25) is 0 Å². The largest absolute Gasteiger partial charge is 0.446 e. The predicted octanol–water partition coefficient (Wildman–Crippen LogP) is 3.02. The van der Waals surface area contributed by atoms with Gasteiger partial charge in [0.2, 0.25) is 5.09 Å². The fourth-order valence-corrected chi connectivity index (χ4v) is 5.16. The number of sulfonamides is 1. The Bertz CT molecular complexity index is 876. The zero-order chi connectivity index (χ0) is 17.4. The number of furan rings is 1. The SMILES string of the molecule is Cl.Nc1cccc2c1CCCN2Cc1ccc(S(=O)(=O)N2CCCC2)o1. The lowest BCUT2D eigenvalue weighted by Gasteiger charge is -2.31. The minimum absolute atomic E-state index is 0. The van der Waals surface area contributed by atoms with E-state index in [1.54, 1.807) is 12.1 Å². The standard InChI is InChI=1S/C18H23N3O3S.ClH/c19-16-6-3-7-17-15(16)5-4-10-20(17)13-14-8-9-18(24-14)25(22,23)21-11-1-2-12-21;/h3,6-9H,1-2,4-5,10-13,19H2;1H. The minimum Gasteiger partial charge on any atom is -0.446 e. The highest BCUT2D eigenvalue weighted by Crippen LogP contribution is 2.33. The normalized spacial score (nSPS) is 17.8. The molecule has 0 atom stereocenters. The Labute approximate surface area is 160 Å². The summed E-state index contributed by atoms with van der Waals surface area (Å²) in [5.41, 5.74) is 9.20. The van der Waals surface area contributed by atoms with Gasteiger partial charge in [-0.3, -0.25) is 0 Å². The second kappa shape index (κ2) is 7.50. The molecule has 8 heteroatoms. The zero-order valence-corrected chi connectivity index (χ0v) is 16.2. The molecule has 1 fully saturated rings. The molecule has 0 saturated carbocycles. The number of anilines is 2. The van der Waals surface area contributed by atoms with Crippen molar-refractivity contribution in [1.29, 1.82) is 0 Å². The van der Waals surface area contributed by atoms with Crippen LogP contribution in [0.5, 0.6) is 0 Å². The lowest BCUT2D eigenvalue weighted by atomic mass is 10.00.